The predicted molar refractivity (Wildman–Crippen MR) is 272 cm³/mol. The van der Waals surface area contributed by atoms with E-state index in [9.17, 15) is 16.8 Å². The molecular formula is C52H48N12O4S2. The molecule has 0 fully saturated rings. The minimum absolute atomic E-state index is 0.0663. The summed E-state index contributed by atoms with van der Waals surface area (Å²) in [6, 6.07) is 47.1. The van der Waals surface area contributed by atoms with Gasteiger partial charge >= 0.3 is 0 Å². The molecule has 0 aliphatic carbocycles. The van der Waals surface area contributed by atoms with Crippen LogP contribution >= 0.6 is 0 Å². The van der Waals surface area contributed by atoms with Gasteiger partial charge in [0.15, 0.2) is 23.3 Å². The fraction of sp³-hybridized carbons (Fsp3) is 0.115. The van der Waals surface area contributed by atoms with Gasteiger partial charge in [0.1, 0.15) is 9.79 Å². The zero-order chi connectivity index (χ0) is 48.9. The molecule has 352 valence electrons. The average Bonchev–Trinajstić information content (AvgIpc) is 4.02. The minimum Gasteiger partial charge on any atom is -0.363 e. The standard InChI is InChI=1S/C28H28N6O2S.C24H20N6O2S/c1-28(2,3)33-37(35,36)23-16-22(18-29-19-23)27-32-31-26(30-17-20-10-6-4-7-11-20)25-24(14-15-34(25)27)21-12-8-5-9-13-21;25-33(31,32)20-13-19(15-26-16-20)24-29-28-23(27-14-17-7-3-1-4-8-17)22-21(11-12-30(22)24)18-9-5-2-6-10-18/h4-16,18-19,33H,17H2,1-3H3,(H,30,31);1-13,15-16H,14H2,(H,27,28)(H2,25,31,32). The summed E-state index contributed by atoms with van der Waals surface area (Å²) in [5.41, 5.74) is 8.32. The molecule has 0 radical (unpaired) electrons. The van der Waals surface area contributed by atoms with Crippen LogP contribution in [0.25, 0.3) is 56.1 Å². The van der Waals surface area contributed by atoms with Crippen molar-refractivity contribution in [3.05, 3.63) is 194 Å². The molecule has 0 unspecified atom stereocenters. The summed E-state index contributed by atoms with van der Waals surface area (Å²) in [4.78, 5) is 8.23. The van der Waals surface area contributed by atoms with E-state index in [1.54, 1.807) is 33.0 Å². The normalized spacial score (nSPS) is 11.8. The van der Waals surface area contributed by atoms with Crippen LogP contribution in [0.2, 0.25) is 0 Å². The number of pyridine rings is 2. The topological polar surface area (TPSA) is 217 Å². The van der Waals surface area contributed by atoms with E-state index in [4.69, 9.17) is 5.14 Å². The SMILES string of the molecule is CC(C)(C)NS(=O)(=O)c1cncc(-c2nnc(NCc3ccccc3)c3c(-c4ccccc4)ccn23)c1.NS(=O)(=O)c1cncc(-c2nnc(NCc3ccccc3)c3c(-c4ccccc4)ccn23)c1. The first kappa shape index (κ1) is 46.9. The number of sulfonamides is 2. The van der Waals surface area contributed by atoms with Gasteiger partial charge in [-0.2, -0.15) is 0 Å². The Morgan fingerprint density at radius 2 is 0.900 bits per heavy atom. The molecule has 16 nitrogen and oxygen atoms in total. The van der Waals surface area contributed by atoms with Crippen molar-refractivity contribution in [1.29, 1.82) is 0 Å². The average molecular weight is 969 g/mol. The highest BCUT2D eigenvalue weighted by Gasteiger charge is 2.24. The first-order valence-electron chi connectivity index (χ1n) is 22.1. The second kappa shape index (κ2) is 19.8. The molecule has 0 bridgehead atoms. The number of anilines is 2. The van der Waals surface area contributed by atoms with E-state index in [2.05, 4.69) is 45.7 Å². The van der Waals surface area contributed by atoms with E-state index in [0.29, 0.717) is 47.5 Å². The van der Waals surface area contributed by atoms with Crippen LogP contribution in [-0.4, -0.2) is 61.5 Å². The summed E-state index contributed by atoms with van der Waals surface area (Å²) < 4.78 is 56.0. The number of nitrogens with one attached hydrogen (secondary N) is 3. The summed E-state index contributed by atoms with van der Waals surface area (Å²) in [5, 5.41) is 30.0. The Balaban J connectivity index is 0.000000175. The fourth-order valence-corrected chi connectivity index (χ4v) is 9.73. The van der Waals surface area contributed by atoms with Crippen LogP contribution in [0.3, 0.4) is 0 Å². The number of benzene rings is 4. The van der Waals surface area contributed by atoms with Crippen LogP contribution in [0.5, 0.6) is 0 Å². The largest absolute Gasteiger partial charge is 0.363 e. The van der Waals surface area contributed by atoms with Gasteiger partial charge in [-0.3, -0.25) is 18.8 Å². The van der Waals surface area contributed by atoms with Crippen LogP contribution in [0.1, 0.15) is 31.9 Å². The minimum atomic E-state index is -3.90. The maximum absolute atomic E-state index is 13.0. The fourth-order valence-electron chi connectivity index (χ4n) is 7.83. The highest BCUT2D eigenvalue weighted by molar-refractivity contribution is 7.89. The summed E-state index contributed by atoms with van der Waals surface area (Å²) in [5.74, 6) is 2.18. The second-order valence-corrected chi connectivity index (χ2v) is 20.5. The predicted octanol–water partition coefficient (Wildman–Crippen LogP) is 8.87. The summed E-state index contributed by atoms with van der Waals surface area (Å²) in [7, 11) is -7.67. The number of rotatable bonds is 13. The molecule has 5 N–H and O–H groups in total. The van der Waals surface area contributed by atoms with Crippen LogP contribution < -0.4 is 20.5 Å². The molecule has 10 aromatic rings. The van der Waals surface area contributed by atoms with Gasteiger partial charge in [0.2, 0.25) is 20.0 Å². The number of fused-ring (bicyclic) bond motifs is 2. The molecule has 18 heteroatoms. The number of aromatic nitrogens is 8. The van der Waals surface area contributed by atoms with Gasteiger partial charge in [-0.1, -0.05) is 121 Å². The Morgan fingerprint density at radius 1 is 0.500 bits per heavy atom. The monoisotopic (exact) mass is 968 g/mol. The molecule has 10 rings (SSSR count). The highest BCUT2D eigenvalue weighted by Crippen LogP contribution is 2.35. The van der Waals surface area contributed by atoms with E-state index in [1.165, 1.54) is 24.7 Å². The second-order valence-electron chi connectivity index (χ2n) is 17.3. The molecule has 6 heterocycles. The Kier molecular flexibility index (Phi) is 13.3. The van der Waals surface area contributed by atoms with Crippen LogP contribution in [0.15, 0.2) is 193 Å². The molecule has 0 saturated carbocycles. The molecule has 0 amide bonds. The lowest BCUT2D eigenvalue weighted by Crippen LogP contribution is -2.40. The smallest absolute Gasteiger partial charge is 0.242 e. The third-order valence-electron chi connectivity index (χ3n) is 11.0. The van der Waals surface area contributed by atoms with Gasteiger partial charge < -0.3 is 10.6 Å². The molecule has 0 aliphatic rings. The lowest BCUT2D eigenvalue weighted by molar-refractivity contribution is 0.491. The van der Waals surface area contributed by atoms with E-state index < -0.39 is 25.6 Å². The zero-order valence-corrected chi connectivity index (χ0v) is 40.0. The van der Waals surface area contributed by atoms with Gasteiger partial charge in [-0.15, -0.1) is 20.4 Å². The van der Waals surface area contributed by atoms with Crippen molar-refractivity contribution < 1.29 is 16.8 Å². The first-order valence-corrected chi connectivity index (χ1v) is 25.1. The van der Waals surface area contributed by atoms with Crippen LogP contribution in [0.4, 0.5) is 11.6 Å². The zero-order valence-electron chi connectivity index (χ0n) is 38.3. The van der Waals surface area contributed by atoms with E-state index in [-0.39, 0.29) is 9.79 Å². The lowest BCUT2D eigenvalue weighted by Gasteiger charge is -2.20. The van der Waals surface area contributed by atoms with Crippen molar-refractivity contribution in [2.75, 3.05) is 10.6 Å². The van der Waals surface area contributed by atoms with Crippen molar-refractivity contribution in [2.45, 2.75) is 49.2 Å². The van der Waals surface area contributed by atoms with Crippen LogP contribution in [0, 0.1) is 0 Å². The molecular weight excluding hydrogens is 921 g/mol. The number of hydrogen-bond donors (Lipinski definition) is 4. The Bertz CT molecular complexity index is 3660. The van der Waals surface area contributed by atoms with Crippen molar-refractivity contribution >= 4 is 42.7 Å². The van der Waals surface area contributed by atoms with Crippen molar-refractivity contribution in [2.24, 2.45) is 5.14 Å². The molecule has 0 atom stereocenters. The van der Waals surface area contributed by atoms with Crippen molar-refractivity contribution in [3.63, 3.8) is 0 Å². The van der Waals surface area contributed by atoms with Crippen LogP contribution in [-0.2, 0) is 33.1 Å². The maximum Gasteiger partial charge on any atom is 0.242 e. The first-order chi connectivity index (χ1) is 33.7. The van der Waals surface area contributed by atoms with E-state index >= 15 is 0 Å². The Hall–Kier alpha value is -8.16. The number of nitrogens with zero attached hydrogens (tertiary/aromatic N) is 8. The molecule has 0 spiro atoms. The summed E-state index contributed by atoms with van der Waals surface area (Å²) >= 11 is 0. The van der Waals surface area contributed by atoms with Gasteiger partial charge in [-0.05, 0) is 67.3 Å². The summed E-state index contributed by atoms with van der Waals surface area (Å²) in [6.45, 7) is 6.54. The number of primary sulfonamides is 1. The summed E-state index contributed by atoms with van der Waals surface area (Å²) in [6.07, 6.45) is 9.49. The van der Waals surface area contributed by atoms with Gasteiger partial charge in [0.05, 0.1) is 11.0 Å². The van der Waals surface area contributed by atoms with Crippen molar-refractivity contribution in [1.82, 2.24) is 43.9 Å². The molecule has 6 aromatic heterocycles. The number of hydrogen-bond acceptors (Lipinski definition) is 12. The Labute approximate surface area is 405 Å². The van der Waals surface area contributed by atoms with E-state index in [1.807, 2.05) is 155 Å². The molecule has 0 aliphatic heterocycles. The maximum atomic E-state index is 13.0. The third kappa shape index (κ3) is 10.6. The van der Waals surface area contributed by atoms with Crippen molar-refractivity contribution in [3.8, 4) is 45.0 Å². The molecule has 70 heavy (non-hydrogen) atoms. The lowest BCUT2D eigenvalue weighted by atomic mass is 10.1. The quantitative estimate of drug-likeness (QED) is 0.0852. The Morgan fingerprint density at radius 3 is 1.31 bits per heavy atom. The van der Waals surface area contributed by atoms with Gasteiger partial charge in [0.25, 0.3) is 0 Å². The highest BCUT2D eigenvalue weighted by atomic mass is 32.2. The third-order valence-corrected chi connectivity index (χ3v) is 13.6. The molecule has 0 saturated heterocycles. The van der Waals surface area contributed by atoms with Gasteiger partial charge in [-0.25, -0.2) is 26.7 Å². The number of nitrogens with two attached hydrogens (primary N) is 1. The molecule has 4 aromatic carbocycles. The van der Waals surface area contributed by atoms with E-state index in [0.717, 1.165) is 44.4 Å². The van der Waals surface area contributed by atoms with Gasteiger partial charge in [0, 0.05) is 78.1 Å².